The van der Waals surface area contributed by atoms with Crippen molar-refractivity contribution in [2.45, 2.75) is 102 Å². The molecule has 7 rings (SSSR count). The van der Waals surface area contributed by atoms with Gasteiger partial charge in [-0.1, -0.05) is 24.6 Å². The lowest BCUT2D eigenvalue weighted by atomic mass is 9.74. The normalized spacial score (nSPS) is 25.5. The van der Waals surface area contributed by atoms with Crippen LogP contribution in [0.2, 0.25) is 0 Å². The number of piperidine rings is 1. The van der Waals surface area contributed by atoms with Crippen molar-refractivity contribution in [1.29, 1.82) is 0 Å². The Hall–Kier alpha value is -4.36. The summed E-state index contributed by atoms with van der Waals surface area (Å²) in [6.45, 7) is 8.30. The second-order valence-electron chi connectivity index (χ2n) is 15.6. The summed E-state index contributed by atoms with van der Waals surface area (Å²) < 4.78 is 29.8. The van der Waals surface area contributed by atoms with E-state index in [1.54, 1.807) is 14.0 Å². The van der Waals surface area contributed by atoms with Crippen molar-refractivity contribution in [3.8, 4) is 17.2 Å². The van der Waals surface area contributed by atoms with Crippen molar-refractivity contribution < 1.29 is 48.3 Å². The minimum absolute atomic E-state index is 0.00685. The van der Waals surface area contributed by atoms with E-state index < -0.39 is 30.2 Å². The Morgan fingerprint density at radius 2 is 1.98 bits per heavy atom. The molecule has 2 N–H and O–H groups in total. The van der Waals surface area contributed by atoms with Gasteiger partial charge < -0.3 is 38.8 Å². The molecule has 1 aliphatic carbocycles. The summed E-state index contributed by atoms with van der Waals surface area (Å²) in [5.41, 5.74) is 2.14. The van der Waals surface area contributed by atoms with Crippen LogP contribution in [0.4, 0.5) is 0 Å². The van der Waals surface area contributed by atoms with Crippen molar-refractivity contribution in [1.82, 2.24) is 4.90 Å². The molecule has 0 spiro atoms. The third-order valence-corrected chi connectivity index (χ3v) is 12.6. The van der Waals surface area contributed by atoms with Crippen molar-refractivity contribution in [3.63, 3.8) is 0 Å². The van der Waals surface area contributed by atoms with E-state index in [0.717, 1.165) is 60.5 Å². The Morgan fingerprint density at radius 1 is 1.16 bits per heavy atom. The van der Waals surface area contributed by atoms with Crippen LogP contribution < -0.4 is 24.8 Å². The van der Waals surface area contributed by atoms with E-state index in [2.05, 4.69) is 16.8 Å². The summed E-state index contributed by atoms with van der Waals surface area (Å²) in [7, 11) is 3.24. The van der Waals surface area contributed by atoms with E-state index in [-0.39, 0.29) is 53.8 Å². The number of likely N-dealkylation sites (tertiary alicyclic amines) is 1. The van der Waals surface area contributed by atoms with Gasteiger partial charge in [-0.25, -0.2) is 4.79 Å². The number of carbonyl (C=O) groups is 3. The van der Waals surface area contributed by atoms with E-state index in [4.69, 9.17) is 23.7 Å². The highest BCUT2D eigenvalue weighted by molar-refractivity contribution is 6.11. The summed E-state index contributed by atoms with van der Waals surface area (Å²) >= 11 is 0. The molecule has 2 aromatic carbocycles. The van der Waals surface area contributed by atoms with Crippen molar-refractivity contribution >= 4 is 29.7 Å². The number of fused-ring (bicyclic) bond motifs is 3. The number of ether oxygens (including phenoxy) is 5. The van der Waals surface area contributed by atoms with Gasteiger partial charge in [-0.3, -0.25) is 14.6 Å². The third-order valence-electron chi connectivity index (χ3n) is 12.6. The number of methoxy groups -OCH3 is 2. The number of allylic oxidation sites excluding steroid dienone is 3. The first-order valence-corrected chi connectivity index (χ1v) is 20.0. The molecule has 300 valence electrons. The van der Waals surface area contributed by atoms with E-state index >= 15 is 0 Å². The van der Waals surface area contributed by atoms with Crippen LogP contribution in [-0.4, -0.2) is 98.0 Å². The fraction of sp³-hybridized carbons (Fsp3) is 0.545. The van der Waals surface area contributed by atoms with E-state index in [1.807, 2.05) is 31.2 Å². The van der Waals surface area contributed by atoms with Gasteiger partial charge in [-0.15, -0.1) is 0 Å². The number of ketones is 1. The molecule has 4 heterocycles. The first-order valence-electron chi connectivity index (χ1n) is 20.0. The first-order chi connectivity index (χ1) is 27.1. The number of aliphatic hydroxyl groups excluding tert-OH is 1. The summed E-state index contributed by atoms with van der Waals surface area (Å²) in [6, 6.07) is 6.19. The molecule has 1 saturated heterocycles. The van der Waals surface area contributed by atoms with Gasteiger partial charge in [-0.2, -0.15) is 0 Å². The summed E-state index contributed by atoms with van der Waals surface area (Å²) in [4.78, 5) is 47.3. The average molecular weight is 771 g/mol. The molecule has 5 aliphatic rings. The van der Waals surface area contributed by atoms with Crippen LogP contribution in [-0.2, 0) is 36.9 Å². The molecule has 12 heteroatoms. The van der Waals surface area contributed by atoms with Gasteiger partial charge in [0.15, 0.2) is 6.29 Å². The molecule has 1 saturated carbocycles. The minimum atomic E-state index is -1.24. The van der Waals surface area contributed by atoms with Crippen molar-refractivity contribution in [2.24, 2.45) is 10.9 Å². The summed E-state index contributed by atoms with van der Waals surface area (Å²) in [6.07, 6.45) is 6.59. The number of hydrogen-bond donors (Lipinski definition) is 2. The Morgan fingerprint density at radius 3 is 2.70 bits per heavy atom. The maximum absolute atomic E-state index is 13.6. The summed E-state index contributed by atoms with van der Waals surface area (Å²) in [5.74, 6) is -0.775. The topological polar surface area (TPSA) is 153 Å². The highest BCUT2D eigenvalue weighted by Gasteiger charge is 2.50. The molecule has 0 aromatic heterocycles. The van der Waals surface area contributed by atoms with Crippen LogP contribution in [0.25, 0.3) is 11.6 Å². The largest absolute Gasteiger partial charge is 0.496 e. The van der Waals surface area contributed by atoms with Crippen LogP contribution in [0.1, 0.15) is 93.9 Å². The smallest absolute Gasteiger partial charge is 0.375 e. The maximum Gasteiger partial charge on any atom is 0.375 e. The number of aliphatic hydroxyl groups is 2. The van der Waals surface area contributed by atoms with Crippen LogP contribution in [0.15, 0.2) is 40.1 Å². The zero-order valence-electron chi connectivity index (χ0n) is 33.2. The second-order valence-corrected chi connectivity index (χ2v) is 15.6. The van der Waals surface area contributed by atoms with Crippen LogP contribution >= 0.6 is 0 Å². The molecule has 0 amide bonds. The molecule has 0 bridgehead atoms. The highest BCUT2D eigenvalue weighted by Crippen LogP contribution is 2.57. The van der Waals surface area contributed by atoms with Gasteiger partial charge in [0.1, 0.15) is 34.7 Å². The summed E-state index contributed by atoms with van der Waals surface area (Å²) in [5, 5.41) is 25.3. The number of aldehydes is 1. The zero-order chi connectivity index (χ0) is 39.7. The van der Waals surface area contributed by atoms with Crippen LogP contribution in [0, 0.1) is 5.92 Å². The highest BCUT2D eigenvalue weighted by atomic mass is 16.6. The fourth-order valence-corrected chi connectivity index (χ4v) is 9.56. The maximum atomic E-state index is 13.6. The predicted octanol–water partition coefficient (Wildman–Crippen LogP) is 3.88. The SMILES string of the molecule is CCOC(=O)C1=C(C=O)C(=C2CCC(=O)[C@@H](c3ccc4c(c3)=CCN=4)C2)c2c(OC)c3c(c(CO)c2O1)O[C@H]([C@](C)(O)[C@@H]1CCN(CCCOC)[C@H](CC)C1)C3. The van der Waals surface area contributed by atoms with Gasteiger partial charge in [0.05, 0.1) is 48.9 Å². The molecule has 0 unspecified atom stereocenters. The molecule has 4 aliphatic heterocycles. The van der Waals surface area contributed by atoms with Gasteiger partial charge in [0.2, 0.25) is 5.76 Å². The predicted molar refractivity (Wildman–Crippen MR) is 208 cm³/mol. The van der Waals surface area contributed by atoms with E-state index in [9.17, 15) is 24.6 Å². The first kappa shape index (κ1) is 39.9. The average Bonchev–Trinajstić information content (AvgIpc) is 3.88. The molecular formula is C44H54N2O10. The second kappa shape index (κ2) is 16.6. The lowest BCUT2D eigenvalue weighted by molar-refractivity contribution is -0.141. The number of esters is 1. The number of Topliss-reactive ketones (excluding diaryl/α,β-unsaturated/α-hetero) is 1. The van der Waals surface area contributed by atoms with Crippen LogP contribution in [0.3, 0.4) is 0 Å². The molecular weight excluding hydrogens is 716 g/mol. The van der Waals surface area contributed by atoms with Crippen molar-refractivity contribution in [2.75, 3.05) is 47.1 Å². The number of nitrogens with zero attached hydrogens (tertiary/aromatic N) is 2. The van der Waals surface area contributed by atoms with Gasteiger partial charge >= 0.3 is 5.97 Å². The van der Waals surface area contributed by atoms with Crippen LogP contribution in [0.5, 0.6) is 17.2 Å². The fourth-order valence-electron chi connectivity index (χ4n) is 9.56. The molecule has 5 atom stereocenters. The molecule has 0 radical (unpaired) electrons. The Kier molecular flexibility index (Phi) is 11.8. The van der Waals surface area contributed by atoms with Crippen molar-refractivity contribution in [3.05, 3.63) is 67.9 Å². The number of benzene rings is 2. The van der Waals surface area contributed by atoms with E-state index in [0.29, 0.717) is 66.5 Å². The van der Waals surface area contributed by atoms with Gasteiger partial charge in [-0.05, 0) is 87.7 Å². The Balaban J connectivity index is 1.31. The Bertz CT molecular complexity index is 2080. The third kappa shape index (κ3) is 7.10. The Labute approximate surface area is 327 Å². The van der Waals surface area contributed by atoms with E-state index in [1.165, 1.54) is 7.11 Å². The molecule has 12 nitrogen and oxygen atoms in total. The number of carbonyl (C=O) groups excluding carboxylic acids is 3. The monoisotopic (exact) mass is 770 g/mol. The number of hydrogen-bond acceptors (Lipinski definition) is 12. The quantitative estimate of drug-likeness (QED) is 0.173. The zero-order valence-corrected chi connectivity index (χ0v) is 33.2. The van der Waals surface area contributed by atoms with Gasteiger partial charge in [0, 0.05) is 56.2 Å². The van der Waals surface area contributed by atoms with Gasteiger partial charge in [0.25, 0.3) is 0 Å². The standard InChI is InChI=1S/C44H54N2O10/c1-6-29-21-28(14-17-46(29)16-8-18-52-4)44(3,51)36-22-31-39(55-36)33(24-48)41-38(40(31)53-5)37(32(23-47)42(56-41)43(50)54-7-2)27-10-12-35(49)30(20-27)25-9-11-34-26(19-25)13-15-45-34/h9,11,13,19,23,28-30,36,48,51H,6-8,10,12,14-18,20-22,24H2,1-5H3/t28-,29-,30-,36+,44-/m1/s1. The number of rotatable bonds is 13. The lowest BCUT2D eigenvalue weighted by Crippen LogP contribution is -2.54. The minimum Gasteiger partial charge on any atom is -0.496 e. The lowest BCUT2D eigenvalue weighted by Gasteiger charge is -2.46. The molecule has 56 heavy (non-hydrogen) atoms. The molecule has 2 fully saturated rings. The molecule has 2 aromatic rings.